The summed E-state index contributed by atoms with van der Waals surface area (Å²) in [7, 11) is 0. The maximum absolute atomic E-state index is 12.8. The Bertz CT molecular complexity index is 403. The van der Waals surface area contributed by atoms with E-state index in [0.29, 0.717) is 18.0 Å². The van der Waals surface area contributed by atoms with Crippen LogP contribution < -0.4 is 10.6 Å². The third-order valence-corrected chi connectivity index (χ3v) is 5.99. The third-order valence-electron chi connectivity index (χ3n) is 5.99. The molecule has 0 aromatic carbocycles. The summed E-state index contributed by atoms with van der Waals surface area (Å²) in [4.78, 5) is 15.4. The molecule has 0 spiro atoms. The maximum atomic E-state index is 12.8. The van der Waals surface area contributed by atoms with Crippen LogP contribution in [0.3, 0.4) is 0 Å². The largest absolute Gasteiger partial charge is 0.381 e. The van der Waals surface area contributed by atoms with Crippen LogP contribution in [0.25, 0.3) is 0 Å². The van der Waals surface area contributed by atoms with Crippen molar-refractivity contribution in [1.29, 1.82) is 0 Å². The summed E-state index contributed by atoms with van der Waals surface area (Å²) in [5.41, 5.74) is 0. The number of nitrogens with one attached hydrogen (secondary N) is 2. The number of nitrogens with zero attached hydrogens (tertiary/aromatic N) is 1. The Hall–Kier alpha value is -0.650. The number of likely N-dealkylation sites (tertiary alicyclic amines) is 1. The lowest BCUT2D eigenvalue weighted by Crippen LogP contribution is -2.54. The second-order valence-electron chi connectivity index (χ2n) is 8.20. The fraction of sp³-hybridized carbons (Fsp3) is 0.947. The van der Waals surface area contributed by atoms with Gasteiger partial charge in [-0.1, -0.05) is 26.7 Å². The minimum atomic E-state index is -0.0892. The van der Waals surface area contributed by atoms with Gasteiger partial charge >= 0.3 is 0 Å². The monoisotopic (exact) mass is 337 g/mol. The number of carbonyl (C=O) groups excluding carboxylic acids is 1. The van der Waals surface area contributed by atoms with Gasteiger partial charge in [-0.3, -0.25) is 9.69 Å². The van der Waals surface area contributed by atoms with Crippen LogP contribution in [0.15, 0.2) is 0 Å². The smallest absolute Gasteiger partial charge is 0.237 e. The minimum absolute atomic E-state index is 0.0892. The molecule has 0 aromatic rings. The molecule has 3 aliphatic rings. The van der Waals surface area contributed by atoms with Crippen molar-refractivity contribution in [2.24, 2.45) is 5.92 Å². The van der Waals surface area contributed by atoms with Crippen LogP contribution in [-0.2, 0) is 9.53 Å². The van der Waals surface area contributed by atoms with E-state index in [-0.39, 0.29) is 11.9 Å². The Labute approximate surface area is 146 Å². The van der Waals surface area contributed by atoms with Gasteiger partial charge in [0.2, 0.25) is 5.91 Å². The molecule has 0 aromatic heterocycles. The van der Waals surface area contributed by atoms with Crippen LogP contribution in [-0.4, -0.2) is 61.3 Å². The average molecular weight is 338 g/mol. The van der Waals surface area contributed by atoms with Crippen molar-refractivity contribution in [2.75, 3.05) is 26.3 Å². The SMILES string of the molecule is CC(C)[C@H](NC1CCOCC1)C(=O)N[C@H]1CCN(C2CCCC2)C1. The molecule has 1 saturated carbocycles. The highest BCUT2D eigenvalue weighted by molar-refractivity contribution is 5.82. The molecule has 138 valence electrons. The molecule has 2 aliphatic heterocycles. The lowest BCUT2D eigenvalue weighted by molar-refractivity contribution is -0.125. The molecular weight excluding hydrogens is 302 g/mol. The van der Waals surface area contributed by atoms with Crippen molar-refractivity contribution >= 4 is 5.91 Å². The van der Waals surface area contributed by atoms with Crippen molar-refractivity contribution < 1.29 is 9.53 Å². The Morgan fingerprint density at radius 1 is 1.04 bits per heavy atom. The molecule has 1 aliphatic carbocycles. The summed E-state index contributed by atoms with van der Waals surface area (Å²) in [5.74, 6) is 0.495. The Kier molecular flexibility index (Phi) is 6.53. The fourth-order valence-electron chi connectivity index (χ4n) is 4.49. The molecule has 5 heteroatoms. The topological polar surface area (TPSA) is 53.6 Å². The molecule has 0 radical (unpaired) electrons. The van der Waals surface area contributed by atoms with Gasteiger partial charge in [0.25, 0.3) is 0 Å². The van der Waals surface area contributed by atoms with Crippen LogP contribution in [0.4, 0.5) is 0 Å². The van der Waals surface area contributed by atoms with Crippen LogP contribution in [0.5, 0.6) is 0 Å². The summed E-state index contributed by atoms with van der Waals surface area (Å²) in [6.07, 6.45) is 8.57. The second-order valence-corrected chi connectivity index (χ2v) is 8.20. The molecule has 2 saturated heterocycles. The molecule has 2 heterocycles. The molecule has 1 amide bonds. The Morgan fingerprint density at radius 2 is 1.75 bits per heavy atom. The molecule has 3 rings (SSSR count). The van der Waals surface area contributed by atoms with Gasteiger partial charge in [-0.15, -0.1) is 0 Å². The molecule has 5 nitrogen and oxygen atoms in total. The van der Waals surface area contributed by atoms with Crippen molar-refractivity contribution in [3.8, 4) is 0 Å². The van der Waals surface area contributed by atoms with Gasteiger partial charge in [0.05, 0.1) is 6.04 Å². The van der Waals surface area contributed by atoms with E-state index in [1.165, 1.54) is 25.7 Å². The van der Waals surface area contributed by atoms with Gasteiger partial charge in [-0.05, 0) is 38.0 Å². The number of ether oxygens (including phenoxy) is 1. The standard InChI is InChI=1S/C19H35N3O2/c1-14(2)18(20-15-8-11-24-12-9-15)19(23)21-16-7-10-22(13-16)17-5-3-4-6-17/h14-18,20H,3-13H2,1-2H3,(H,21,23)/t16-,18-/m0/s1. The van der Waals surface area contributed by atoms with Crippen LogP contribution >= 0.6 is 0 Å². The van der Waals surface area contributed by atoms with Gasteiger partial charge in [-0.25, -0.2) is 0 Å². The summed E-state index contributed by atoms with van der Waals surface area (Å²) >= 11 is 0. The van der Waals surface area contributed by atoms with Crippen molar-refractivity contribution in [2.45, 2.75) is 83.0 Å². The quantitative estimate of drug-likeness (QED) is 0.777. The first-order valence-corrected chi connectivity index (χ1v) is 10.0. The predicted octanol–water partition coefficient (Wildman–Crippen LogP) is 1.91. The van der Waals surface area contributed by atoms with E-state index in [0.717, 1.165) is 51.6 Å². The van der Waals surface area contributed by atoms with Crippen molar-refractivity contribution in [3.63, 3.8) is 0 Å². The van der Waals surface area contributed by atoms with E-state index in [2.05, 4.69) is 29.4 Å². The summed E-state index contributed by atoms with van der Waals surface area (Å²) in [6, 6.07) is 1.42. The van der Waals surface area contributed by atoms with Gasteiger partial charge < -0.3 is 15.4 Å². The molecule has 3 fully saturated rings. The Balaban J connectivity index is 1.48. The van der Waals surface area contributed by atoms with Crippen molar-refractivity contribution in [3.05, 3.63) is 0 Å². The van der Waals surface area contributed by atoms with Gasteiger partial charge in [0.1, 0.15) is 0 Å². The highest BCUT2D eigenvalue weighted by Gasteiger charge is 2.33. The predicted molar refractivity (Wildman–Crippen MR) is 96.0 cm³/mol. The minimum Gasteiger partial charge on any atom is -0.381 e. The summed E-state index contributed by atoms with van der Waals surface area (Å²) in [6.45, 7) is 8.08. The normalized spacial score (nSPS) is 28.5. The first kappa shape index (κ1) is 18.2. The summed E-state index contributed by atoms with van der Waals surface area (Å²) < 4.78 is 5.42. The van der Waals surface area contributed by atoms with E-state index in [9.17, 15) is 4.79 Å². The van der Waals surface area contributed by atoms with E-state index in [1.54, 1.807) is 0 Å². The number of amides is 1. The lowest BCUT2D eigenvalue weighted by Gasteiger charge is -2.31. The van der Waals surface area contributed by atoms with Crippen LogP contribution in [0.1, 0.15) is 58.8 Å². The van der Waals surface area contributed by atoms with Gasteiger partial charge in [-0.2, -0.15) is 0 Å². The zero-order valence-corrected chi connectivity index (χ0v) is 15.4. The highest BCUT2D eigenvalue weighted by Crippen LogP contribution is 2.26. The number of carbonyl (C=O) groups is 1. The van der Waals surface area contributed by atoms with E-state index in [4.69, 9.17) is 4.74 Å². The van der Waals surface area contributed by atoms with Crippen molar-refractivity contribution in [1.82, 2.24) is 15.5 Å². The Morgan fingerprint density at radius 3 is 2.42 bits per heavy atom. The lowest BCUT2D eigenvalue weighted by atomic mass is 9.99. The second kappa shape index (κ2) is 8.63. The van der Waals surface area contributed by atoms with Crippen LogP contribution in [0, 0.1) is 5.92 Å². The summed E-state index contributed by atoms with van der Waals surface area (Å²) in [5, 5.41) is 6.92. The fourth-order valence-corrected chi connectivity index (χ4v) is 4.49. The molecule has 2 atom stereocenters. The van der Waals surface area contributed by atoms with Gasteiger partial charge in [0.15, 0.2) is 0 Å². The average Bonchev–Trinajstić information content (AvgIpc) is 3.24. The van der Waals surface area contributed by atoms with E-state index >= 15 is 0 Å². The molecule has 2 N–H and O–H groups in total. The first-order chi connectivity index (χ1) is 11.6. The number of hydrogen-bond acceptors (Lipinski definition) is 4. The maximum Gasteiger partial charge on any atom is 0.237 e. The highest BCUT2D eigenvalue weighted by atomic mass is 16.5. The zero-order chi connectivity index (χ0) is 16.9. The van der Waals surface area contributed by atoms with E-state index < -0.39 is 0 Å². The van der Waals surface area contributed by atoms with Gasteiger partial charge in [0, 0.05) is 44.4 Å². The van der Waals surface area contributed by atoms with E-state index in [1.807, 2.05) is 0 Å². The molecule has 24 heavy (non-hydrogen) atoms. The molecular formula is C19H35N3O2. The molecule has 0 unspecified atom stereocenters. The zero-order valence-electron chi connectivity index (χ0n) is 15.4. The number of hydrogen-bond donors (Lipinski definition) is 2. The molecule has 0 bridgehead atoms. The first-order valence-electron chi connectivity index (χ1n) is 10.0. The number of rotatable bonds is 6. The third kappa shape index (κ3) is 4.70. The van der Waals surface area contributed by atoms with Crippen LogP contribution in [0.2, 0.25) is 0 Å².